The Morgan fingerprint density at radius 1 is 1.04 bits per heavy atom. The fraction of sp³-hybridized carbons (Fsp3) is 0.353. The van der Waals surface area contributed by atoms with E-state index in [-0.39, 0.29) is 24.8 Å². The second kappa shape index (κ2) is 15.7. The van der Waals surface area contributed by atoms with Crippen molar-refractivity contribution in [3.63, 3.8) is 0 Å². The minimum absolute atomic E-state index is 0.00400. The van der Waals surface area contributed by atoms with E-state index in [2.05, 4.69) is 15.5 Å². The lowest BCUT2D eigenvalue weighted by atomic mass is 10.1. The number of carbonyl (C=O) groups excluding carboxylic acids is 3. The topological polar surface area (TPSA) is 100 Å². The molecule has 2 amide bonds. The summed E-state index contributed by atoms with van der Waals surface area (Å²) in [6.45, 7) is 9.94. The van der Waals surface area contributed by atoms with Crippen molar-refractivity contribution in [3.8, 4) is 11.1 Å². The summed E-state index contributed by atoms with van der Waals surface area (Å²) in [6.07, 6.45) is 1.73. The first-order chi connectivity index (χ1) is 22.9. The van der Waals surface area contributed by atoms with Crippen LogP contribution in [0.2, 0.25) is 0 Å². The van der Waals surface area contributed by atoms with Crippen molar-refractivity contribution >= 4 is 74.2 Å². The number of esters is 1. The molecule has 0 saturated carbocycles. The molecule has 2 saturated heterocycles. The second-order valence-electron chi connectivity index (χ2n) is 12.1. The van der Waals surface area contributed by atoms with Crippen LogP contribution in [0.1, 0.15) is 42.4 Å². The maximum atomic E-state index is 14.2. The van der Waals surface area contributed by atoms with Gasteiger partial charge in [0.1, 0.15) is 9.92 Å². The molecule has 1 aromatic heterocycles. The van der Waals surface area contributed by atoms with Crippen molar-refractivity contribution in [1.82, 2.24) is 9.80 Å². The predicted molar refractivity (Wildman–Crippen MR) is 190 cm³/mol. The van der Waals surface area contributed by atoms with Gasteiger partial charge in [0.25, 0.3) is 5.91 Å². The molecule has 2 N–H and O–H groups in total. The van der Waals surface area contributed by atoms with Gasteiger partial charge in [0.2, 0.25) is 5.91 Å². The minimum Gasteiger partial charge on any atom is -0.456 e. The summed E-state index contributed by atoms with van der Waals surface area (Å²) in [6, 6.07) is 12.0. The number of hydrogen-bond donors (Lipinski definition) is 2. The predicted octanol–water partition coefficient (Wildman–Crippen LogP) is 6.62. The average Bonchev–Trinajstić information content (AvgIpc) is 3.56. The van der Waals surface area contributed by atoms with Crippen LogP contribution in [0.4, 0.5) is 19.5 Å². The molecule has 2 fully saturated rings. The highest BCUT2D eigenvalue weighted by atomic mass is 32.2. The van der Waals surface area contributed by atoms with E-state index in [4.69, 9.17) is 21.7 Å². The molecular formula is C34H36F2N4O5S3. The number of nitrogens with one attached hydrogen (secondary N) is 2. The molecule has 0 spiro atoms. The highest BCUT2D eigenvalue weighted by Gasteiger charge is 2.32. The van der Waals surface area contributed by atoms with E-state index in [9.17, 15) is 23.2 Å². The van der Waals surface area contributed by atoms with E-state index in [1.54, 1.807) is 51.1 Å². The maximum absolute atomic E-state index is 14.2. The number of nitrogens with zero attached hydrogens (tertiary/aromatic N) is 2. The van der Waals surface area contributed by atoms with E-state index in [1.165, 1.54) is 22.3 Å². The molecule has 9 nitrogen and oxygen atoms in total. The number of thiophene rings is 1. The monoisotopic (exact) mass is 714 g/mol. The van der Waals surface area contributed by atoms with Gasteiger partial charge in [-0.1, -0.05) is 30.0 Å². The lowest BCUT2D eigenvalue weighted by molar-refractivity contribution is -0.122. The quantitative estimate of drug-likeness (QED) is 0.129. The molecule has 2 aromatic carbocycles. The molecule has 0 aliphatic carbocycles. The number of amides is 2. The van der Waals surface area contributed by atoms with Gasteiger partial charge in [-0.3, -0.25) is 19.4 Å². The van der Waals surface area contributed by atoms with E-state index >= 15 is 0 Å². The summed E-state index contributed by atoms with van der Waals surface area (Å²) in [5.74, 6) is -2.96. The Bertz CT molecular complexity index is 1720. The number of benzene rings is 2. The van der Waals surface area contributed by atoms with Gasteiger partial charge in [-0.05, 0) is 74.9 Å². The van der Waals surface area contributed by atoms with Crippen LogP contribution in [-0.2, 0) is 19.1 Å². The molecule has 48 heavy (non-hydrogen) atoms. The molecule has 3 heterocycles. The van der Waals surface area contributed by atoms with Crippen LogP contribution < -0.4 is 10.6 Å². The zero-order valence-corrected chi connectivity index (χ0v) is 29.2. The molecule has 5 rings (SSSR count). The second-order valence-corrected chi connectivity index (χ2v) is 14.9. The number of ether oxygens (including phenoxy) is 2. The molecule has 0 radical (unpaired) electrons. The molecule has 2 aliphatic rings. The third kappa shape index (κ3) is 9.47. The summed E-state index contributed by atoms with van der Waals surface area (Å²) in [7, 11) is 0. The molecule has 0 atom stereocenters. The number of thioether (sulfide) groups is 1. The van der Waals surface area contributed by atoms with Gasteiger partial charge in [0.15, 0.2) is 11.6 Å². The smallest absolute Gasteiger partial charge is 0.338 e. The normalized spacial score (nSPS) is 16.4. The molecule has 254 valence electrons. The third-order valence-electron chi connectivity index (χ3n) is 7.31. The van der Waals surface area contributed by atoms with E-state index in [1.807, 2.05) is 6.07 Å². The fourth-order valence-corrected chi connectivity index (χ4v) is 7.35. The van der Waals surface area contributed by atoms with Crippen LogP contribution in [0.3, 0.4) is 0 Å². The van der Waals surface area contributed by atoms with Gasteiger partial charge in [0.05, 0.1) is 28.7 Å². The van der Waals surface area contributed by atoms with Crippen molar-refractivity contribution in [1.29, 1.82) is 0 Å². The Balaban J connectivity index is 1.22. The third-order valence-corrected chi connectivity index (χ3v) is 9.73. The SMILES string of the molecule is CC(C)(C)OC(=O)c1ccc(NC(=O)CCN2C(=O)C(=Cc3cc(-c4ccc(F)c(F)c4)c(NCCN4CCOCC4)s3)SC2=S)cc1. The van der Waals surface area contributed by atoms with Gasteiger partial charge in [-0.15, -0.1) is 11.3 Å². The van der Waals surface area contributed by atoms with Gasteiger partial charge in [0, 0.05) is 55.3 Å². The Kier molecular flexibility index (Phi) is 11.6. The summed E-state index contributed by atoms with van der Waals surface area (Å²) >= 11 is 8.02. The summed E-state index contributed by atoms with van der Waals surface area (Å²) in [5.41, 5.74) is 1.45. The van der Waals surface area contributed by atoms with Crippen molar-refractivity contribution in [2.24, 2.45) is 0 Å². The Morgan fingerprint density at radius 2 is 1.77 bits per heavy atom. The van der Waals surface area contributed by atoms with E-state index < -0.39 is 23.2 Å². The number of carbonyl (C=O) groups is 3. The summed E-state index contributed by atoms with van der Waals surface area (Å²) in [5, 5.41) is 6.97. The number of halogens is 2. The van der Waals surface area contributed by atoms with Gasteiger partial charge < -0.3 is 20.1 Å². The lowest BCUT2D eigenvalue weighted by Crippen LogP contribution is -2.38. The van der Waals surface area contributed by atoms with Crippen molar-refractivity contribution < 1.29 is 32.6 Å². The Hall–Kier alpha value is -3.69. The first-order valence-electron chi connectivity index (χ1n) is 15.4. The molecular weight excluding hydrogens is 679 g/mol. The van der Waals surface area contributed by atoms with Crippen LogP contribution in [0.5, 0.6) is 0 Å². The molecule has 14 heteroatoms. The maximum Gasteiger partial charge on any atom is 0.338 e. The largest absolute Gasteiger partial charge is 0.456 e. The van der Waals surface area contributed by atoms with Crippen molar-refractivity contribution in [2.45, 2.75) is 32.8 Å². The van der Waals surface area contributed by atoms with Crippen LogP contribution in [0, 0.1) is 11.6 Å². The minimum atomic E-state index is -0.942. The number of anilines is 2. The Labute approximate surface area is 291 Å². The summed E-state index contributed by atoms with van der Waals surface area (Å²) < 4.78 is 39.0. The number of rotatable bonds is 11. The average molecular weight is 715 g/mol. The standard InChI is InChI=1S/C34H36F2N4O5S3/c1-34(2,3)45-32(43)21-4-7-23(8-5-21)38-29(41)10-12-40-31(42)28(48-33(40)46)20-24-19-25(22-6-9-26(35)27(36)18-22)30(47-24)37-11-13-39-14-16-44-17-15-39/h4-9,18-20,37H,10-17H2,1-3H3,(H,38,41). The highest BCUT2D eigenvalue weighted by Crippen LogP contribution is 2.40. The van der Waals surface area contributed by atoms with Gasteiger partial charge in [-0.2, -0.15) is 0 Å². The van der Waals surface area contributed by atoms with Gasteiger partial charge in [-0.25, -0.2) is 13.6 Å². The summed E-state index contributed by atoms with van der Waals surface area (Å²) in [4.78, 5) is 43.1. The Morgan fingerprint density at radius 3 is 2.46 bits per heavy atom. The molecule has 0 bridgehead atoms. The number of morpholine rings is 1. The fourth-order valence-electron chi connectivity index (χ4n) is 4.93. The van der Waals surface area contributed by atoms with Crippen molar-refractivity contribution in [3.05, 3.63) is 75.5 Å². The molecule has 2 aliphatic heterocycles. The highest BCUT2D eigenvalue weighted by molar-refractivity contribution is 8.26. The number of hydrogen-bond acceptors (Lipinski definition) is 10. The first-order valence-corrected chi connectivity index (χ1v) is 17.4. The van der Waals surface area contributed by atoms with E-state index in [0.717, 1.165) is 53.4 Å². The van der Waals surface area contributed by atoms with Crippen LogP contribution in [0.25, 0.3) is 17.2 Å². The lowest BCUT2D eigenvalue weighted by Gasteiger charge is -2.26. The first kappa shape index (κ1) is 35.6. The van der Waals surface area contributed by atoms with Gasteiger partial charge >= 0.3 is 5.97 Å². The van der Waals surface area contributed by atoms with Crippen LogP contribution in [0.15, 0.2) is 53.4 Å². The molecule has 0 unspecified atom stereocenters. The zero-order chi connectivity index (χ0) is 34.4. The zero-order valence-electron chi connectivity index (χ0n) is 26.8. The van der Waals surface area contributed by atoms with Crippen LogP contribution in [-0.4, -0.2) is 83.4 Å². The van der Waals surface area contributed by atoms with Crippen LogP contribution >= 0.6 is 35.3 Å². The molecule has 3 aromatic rings. The van der Waals surface area contributed by atoms with Crippen molar-refractivity contribution in [2.75, 3.05) is 56.6 Å². The number of thiocarbonyl (C=S) groups is 1. The van der Waals surface area contributed by atoms with E-state index in [0.29, 0.717) is 51.4 Å².